The first kappa shape index (κ1) is 21.5. The van der Waals surface area contributed by atoms with Crippen molar-refractivity contribution in [3.8, 4) is 6.07 Å². The number of para-hydroxylation sites is 1. The summed E-state index contributed by atoms with van der Waals surface area (Å²) in [6, 6.07) is 17.4. The van der Waals surface area contributed by atoms with Gasteiger partial charge in [0.2, 0.25) is 11.8 Å². The fourth-order valence-corrected chi connectivity index (χ4v) is 3.49. The molecular weight excluding hydrogens is 383 g/mol. The Labute approximate surface area is 176 Å². The van der Waals surface area contributed by atoms with Crippen LogP contribution in [0.25, 0.3) is 0 Å². The van der Waals surface area contributed by atoms with Crippen LogP contribution in [0.5, 0.6) is 0 Å². The number of carbonyl (C=O) groups excluding carboxylic acids is 2. The molecule has 1 saturated heterocycles. The monoisotopic (exact) mass is 408 g/mol. The molecule has 1 heterocycles. The van der Waals surface area contributed by atoms with Gasteiger partial charge < -0.3 is 9.80 Å². The Hall–Kier alpha value is -3.24. The van der Waals surface area contributed by atoms with Gasteiger partial charge in [-0.25, -0.2) is 4.39 Å². The highest BCUT2D eigenvalue weighted by molar-refractivity contribution is 5.94. The summed E-state index contributed by atoms with van der Waals surface area (Å²) in [5.74, 6) is -0.362. The summed E-state index contributed by atoms with van der Waals surface area (Å²) in [5, 5.41) is 8.91. The molecular formula is C23H25FN4O2. The molecule has 1 aliphatic heterocycles. The van der Waals surface area contributed by atoms with E-state index in [9.17, 15) is 14.0 Å². The van der Waals surface area contributed by atoms with E-state index in [1.54, 1.807) is 21.9 Å². The lowest BCUT2D eigenvalue weighted by Gasteiger charge is -2.35. The van der Waals surface area contributed by atoms with Crippen LogP contribution in [0.15, 0.2) is 54.6 Å². The second kappa shape index (κ2) is 10.5. The van der Waals surface area contributed by atoms with Crippen LogP contribution < -0.4 is 4.90 Å². The summed E-state index contributed by atoms with van der Waals surface area (Å²) in [7, 11) is 0. The van der Waals surface area contributed by atoms with Crippen LogP contribution in [0.4, 0.5) is 10.1 Å². The van der Waals surface area contributed by atoms with Crippen LogP contribution in [0.1, 0.15) is 12.0 Å². The van der Waals surface area contributed by atoms with Crippen molar-refractivity contribution in [1.29, 1.82) is 5.26 Å². The molecule has 0 unspecified atom stereocenters. The Morgan fingerprint density at radius 3 is 2.30 bits per heavy atom. The van der Waals surface area contributed by atoms with Crippen molar-refractivity contribution in [2.45, 2.75) is 12.8 Å². The van der Waals surface area contributed by atoms with E-state index >= 15 is 0 Å². The van der Waals surface area contributed by atoms with Crippen LogP contribution in [0, 0.1) is 17.1 Å². The van der Waals surface area contributed by atoms with E-state index in [4.69, 9.17) is 5.26 Å². The van der Waals surface area contributed by atoms with Crippen molar-refractivity contribution >= 4 is 17.5 Å². The highest BCUT2D eigenvalue weighted by atomic mass is 19.1. The molecule has 0 saturated carbocycles. The van der Waals surface area contributed by atoms with Crippen molar-refractivity contribution < 1.29 is 14.0 Å². The van der Waals surface area contributed by atoms with Gasteiger partial charge in [-0.1, -0.05) is 30.3 Å². The number of hydrogen-bond donors (Lipinski definition) is 0. The number of benzene rings is 2. The van der Waals surface area contributed by atoms with Gasteiger partial charge in [-0.05, 0) is 29.8 Å². The van der Waals surface area contributed by atoms with Crippen molar-refractivity contribution in [3.05, 3.63) is 66.0 Å². The highest BCUT2D eigenvalue weighted by Crippen LogP contribution is 2.15. The van der Waals surface area contributed by atoms with E-state index in [1.165, 1.54) is 12.1 Å². The number of nitrogens with zero attached hydrogens (tertiary/aromatic N) is 4. The van der Waals surface area contributed by atoms with Crippen LogP contribution in [0.2, 0.25) is 0 Å². The Kier molecular flexibility index (Phi) is 7.52. The number of piperazine rings is 1. The molecule has 0 radical (unpaired) electrons. The molecule has 0 bridgehead atoms. The fourth-order valence-electron chi connectivity index (χ4n) is 3.49. The fraction of sp³-hybridized carbons (Fsp3) is 0.348. The van der Waals surface area contributed by atoms with Crippen molar-refractivity contribution in [2.75, 3.05) is 44.2 Å². The molecule has 2 amide bonds. The smallest absolute Gasteiger partial charge is 0.241 e. The third kappa shape index (κ3) is 5.88. The second-order valence-corrected chi connectivity index (χ2v) is 7.25. The summed E-state index contributed by atoms with van der Waals surface area (Å²) in [6.45, 7) is 2.94. The predicted octanol–water partition coefficient (Wildman–Crippen LogP) is 2.46. The lowest BCUT2D eigenvalue weighted by molar-refractivity contribution is -0.132. The predicted molar refractivity (Wildman–Crippen MR) is 112 cm³/mol. The van der Waals surface area contributed by atoms with Gasteiger partial charge in [-0.3, -0.25) is 14.5 Å². The second-order valence-electron chi connectivity index (χ2n) is 7.25. The summed E-state index contributed by atoms with van der Waals surface area (Å²) < 4.78 is 13.0. The lowest BCUT2D eigenvalue weighted by atomic mass is 10.1. The van der Waals surface area contributed by atoms with Crippen LogP contribution >= 0.6 is 0 Å². The molecule has 0 aliphatic carbocycles. The quantitative estimate of drug-likeness (QED) is 0.706. The third-order valence-electron chi connectivity index (χ3n) is 5.17. The number of hydrogen-bond acceptors (Lipinski definition) is 4. The topological polar surface area (TPSA) is 67.7 Å². The maximum absolute atomic E-state index is 13.0. The molecule has 3 rings (SSSR count). The van der Waals surface area contributed by atoms with Crippen LogP contribution in [-0.4, -0.2) is 60.9 Å². The Morgan fingerprint density at radius 2 is 1.67 bits per heavy atom. The van der Waals surface area contributed by atoms with Crippen molar-refractivity contribution in [2.24, 2.45) is 0 Å². The molecule has 2 aromatic rings. The van der Waals surface area contributed by atoms with E-state index in [2.05, 4.69) is 6.07 Å². The Balaban J connectivity index is 1.51. The Morgan fingerprint density at radius 1 is 1.00 bits per heavy atom. The van der Waals surface area contributed by atoms with Crippen molar-refractivity contribution in [3.63, 3.8) is 0 Å². The number of halogens is 1. The summed E-state index contributed by atoms with van der Waals surface area (Å²) in [5.41, 5.74) is 1.57. The normalized spacial score (nSPS) is 14.2. The maximum Gasteiger partial charge on any atom is 0.241 e. The first-order valence-corrected chi connectivity index (χ1v) is 10.0. The molecule has 6 nitrogen and oxygen atoms in total. The molecule has 0 aromatic heterocycles. The molecule has 30 heavy (non-hydrogen) atoms. The van der Waals surface area contributed by atoms with E-state index in [-0.39, 0.29) is 37.0 Å². The van der Waals surface area contributed by atoms with E-state index < -0.39 is 0 Å². The zero-order valence-corrected chi connectivity index (χ0v) is 16.8. The average Bonchev–Trinajstić information content (AvgIpc) is 2.77. The zero-order valence-electron chi connectivity index (χ0n) is 16.8. The minimum Gasteiger partial charge on any atom is -0.340 e. The summed E-state index contributed by atoms with van der Waals surface area (Å²) >= 11 is 0. The van der Waals surface area contributed by atoms with Gasteiger partial charge in [0, 0.05) is 38.4 Å². The van der Waals surface area contributed by atoms with E-state index in [1.807, 2.05) is 35.2 Å². The molecule has 2 aromatic carbocycles. The minimum absolute atomic E-state index is 0.00696. The van der Waals surface area contributed by atoms with Gasteiger partial charge in [0.15, 0.2) is 0 Å². The van der Waals surface area contributed by atoms with Gasteiger partial charge in [-0.15, -0.1) is 0 Å². The Bertz CT molecular complexity index is 888. The summed E-state index contributed by atoms with van der Waals surface area (Å²) in [4.78, 5) is 30.8. The van der Waals surface area contributed by atoms with Gasteiger partial charge in [0.25, 0.3) is 0 Å². The maximum atomic E-state index is 13.0. The van der Waals surface area contributed by atoms with Gasteiger partial charge >= 0.3 is 0 Å². The van der Waals surface area contributed by atoms with Crippen LogP contribution in [0.3, 0.4) is 0 Å². The number of nitriles is 1. The van der Waals surface area contributed by atoms with Crippen LogP contribution in [-0.2, 0) is 16.0 Å². The van der Waals surface area contributed by atoms with Gasteiger partial charge in [0.1, 0.15) is 5.82 Å². The molecule has 0 N–H and O–H groups in total. The lowest BCUT2D eigenvalue weighted by Crippen LogP contribution is -2.52. The molecule has 0 spiro atoms. The van der Waals surface area contributed by atoms with Gasteiger partial charge in [-0.2, -0.15) is 5.26 Å². The first-order chi connectivity index (χ1) is 14.6. The number of amides is 2. The molecule has 0 atom stereocenters. The largest absolute Gasteiger partial charge is 0.340 e. The molecule has 156 valence electrons. The molecule has 1 fully saturated rings. The van der Waals surface area contributed by atoms with E-state index in [0.29, 0.717) is 32.7 Å². The molecule has 1 aliphatic rings. The third-order valence-corrected chi connectivity index (χ3v) is 5.17. The van der Waals surface area contributed by atoms with Crippen molar-refractivity contribution in [1.82, 2.24) is 9.80 Å². The number of carbonyl (C=O) groups is 2. The minimum atomic E-state index is -0.316. The summed E-state index contributed by atoms with van der Waals surface area (Å²) in [6.07, 6.45) is 0.515. The molecule has 7 heteroatoms. The highest BCUT2D eigenvalue weighted by Gasteiger charge is 2.24. The first-order valence-electron chi connectivity index (χ1n) is 10.0. The SMILES string of the molecule is N#CCCN(C(=O)CN1CCN(C(=O)Cc2ccc(F)cc2)CC1)c1ccccc1. The zero-order chi connectivity index (χ0) is 21.3. The number of rotatable bonds is 7. The standard InChI is InChI=1S/C23H25FN4O2/c24-20-9-7-19(8-10-20)17-22(29)27-15-13-26(14-16-27)18-23(30)28(12-4-11-25)21-5-2-1-3-6-21/h1-3,5-10H,4,12-18H2. The van der Waals surface area contributed by atoms with E-state index in [0.717, 1.165) is 11.3 Å². The van der Waals surface area contributed by atoms with Gasteiger partial charge in [0.05, 0.1) is 25.5 Å². The average molecular weight is 408 g/mol. The number of anilines is 1.